The van der Waals surface area contributed by atoms with Crippen LogP contribution >= 0.6 is 23.2 Å². The van der Waals surface area contributed by atoms with Crippen molar-refractivity contribution < 1.29 is 9.53 Å². The number of esters is 1. The molecule has 118 valence electrons. The van der Waals surface area contributed by atoms with Crippen molar-refractivity contribution in [3.05, 3.63) is 51.9 Å². The maximum Gasteiger partial charge on any atom is 0.346 e. The first kappa shape index (κ1) is 15.4. The van der Waals surface area contributed by atoms with E-state index in [0.29, 0.717) is 16.5 Å². The second-order valence-corrected chi connectivity index (χ2v) is 5.32. The number of tetrazole rings is 1. The molecule has 0 saturated heterocycles. The summed E-state index contributed by atoms with van der Waals surface area (Å²) in [5.74, 6) is -0.302. The Morgan fingerprint density at radius 1 is 1.26 bits per heavy atom. The zero-order valence-electron chi connectivity index (χ0n) is 11.8. The number of halogens is 2. The van der Waals surface area contributed by atoms with Gasteiger partial charge in [0.1, 0.15) is 0 Å². The van der Waals surface area contributed by atoms with Gasteiger partial charge in [0.15, 0.2) is 6.33 Å². The molecular weight excluding hydrogens is 343 g/mol. The van der Waals surface area contributed by atoms with Gasteiger partial charge < -0.3 is 4.74 Å². The molecule has 0 aliphatic heterocycles. The van der Waals surface area contributed by atoms with Crippen molar-refractivity contribution in [1.29, 1.82) is 0 Å². The fraction of sp³-hybridized carbons (Fsp3) is 0.154. The van der Waals surface area contributed by atoms with E-state index in [9.17, 15) is 4.79 Å². The first-order valence-corrected chi connectivity index (χ1v) is 7.19. The van der Waals surface area contributed by atoms with E-state index >= 15 is 0 Å². The molecular formula is C13H10Cl2N6O2. The number of hydrogen-bond donors (Lipinski definition) is 0. The van der Waals surface area contributed by atoms with Gasteiger partial charge in [0.05, 0.1) is 23.3 Å². The Labute approximate surface area is 140 Å². The largest absolute Gasteiger partial charge is 0.404 e. The van der Waals surface area contributed by atoms with E-state index < -0.39 is 5.97 Å². The van der Waals surface area contributed by atoms with Crippen molar-refractivity contribution in [2.75, 3.05) is 0 Å². The fourth-order valence-electron chi connectivity index (χ4n) is 1.91. The second-order valence-electron chi connectivity index (χ2n) is 4.54. The molecule has 3 aromatic rings. The fourth-order valence-corrected chi connectivity index (χ4v) is 2.48. The monoisotopic (exact) mass is 352 g/mol. The summed E-state index contributed by atoms with van der Waals surface area (Å²) in [5, 5.41) is 15.8. The molecule has 10 heteroatoms. The van der Waals surface area contributed by atoms with Gasteiger partial charge in [0, 0.05) is 23.7 Å². The number of hydrogen-bond acceptors (Lipinski definition) is 6. The van der Waals surface area contributed by atoms with Crippen LogP contribution in [0.1, 0.15) is 15.9 Å². The van der Waals surface area contributed by atoms with Gasteiger partial charge >= 0.3 is 5.97 Å². The quantitative estimate of drug-likeness (QED) is 0.667. The number of carbonyl (C=O) groups excluding carboxylic acids is 1. The summed E-state index contributed by atoms with van der Waals surface area (Å²) in [6, 6.07) is 4.64. The topological polar surface area (TPSA) is 87.7 Å². The molecule has 0 amide bonds. The van der Waals surface area contributed by atoms with E-state index in [0.717, 1.165) is 0 Å². The maximum absolute atomic E-state index is 12.3. The predicted molar refractivity (Wildman–Crippen MR) is 81.5 cm³/mol. The summed E-state index contributed by atoms with van der Waals surface area (Å²) >= 11 is 12.5. The Bertz CT molecular complexity index is 846. The lowest BCUT2D eigenvalue weighted by Gasteiger charge is -2.11. The first-order valence-electron chi connectivity index (χ1n) is 6.44. The van der Waals surface area contributed by atoms with Gasteiger partial charge in [-0.05, 0) is 17.3 Å². The van der Waals surface area contributed by atoms with Gasteiger partial charge in [0.2, 0.25) is 5.88 Å². The molecule has 1 aromatic carbocycles. The zero-order chi connectivity index (χ0) is 16.4. The highest BCUT2D eigenvalue weighted by atomic mass is 35.5. The molecule has 0 radical (unpaired) electrons. The number of carbonyl (C=O) groups is 1. The number of aryl methyl sites for hydroxylation is 1. The van der Waals surface area contributed by atoms with Crippen LogP contribution in [-0.4, -0.2) is 36.0 Å². The molecule has 0 saturated carbocycles. The van der Waals surface area contributed by atoms with Crippen molar-refractivity contribution in [1.82, 2.24) is 30.0 Å². The highest BCUT2D eigenvalue weighted by molar-refractivity contribution is 6.38. The molecule has 0 aliphatic carbocycles. The Balaban J connectivity index is 1.91. The van der Waals surface area contributed by atoms with E-state index in [4.69, 9.17) is 27.9 Å². The maximum atomic E-state index is 12.3. The lowest BCUT2D eigenvalue weighted by molar-refractivity contribution is 0.0720. The molecule has 2 heterocycles. The van der Waals surface area contributed by atoms with E-state index in [1.807, 2.05) is 0 Å². The van der Waals surface area contributed by atoms with Crippen LogP contribution in [0.2, 0.25) is 10.0 Å². The Kier molecular flexibility index (Phi) is 4.26. The van der Waals surface area contributed by atoms with Crippen molar-refractivity contribution in [2.24, 2.45) is 7.05 Å². The highest BCUT2D eigenvalue weighted by Crippen LogP contribution is 2.29. The minimum atomic E-state index is -0.608. The molecule has 0 aliphatic rings. The van der Waals surface area contributed by atoms with Crippen molar-refractivity contribution in [3.8, 4) is 5.88 Å². The summed E-state index contributed by atoms with van der Waals surface area (Å²) in [6.07, 6.45) is 2.82. The van der Waals surface area contributed by atoms with Gasteiger partial charge in [-0.15, -0.1) is 10.2 Å². The number of aromatic nitrogens is 6. The van der Waals surface area contributed by atoms with Crippen LogP contribution in [-0.2, 0) is 13.6 Å². The number of benzene rings is 1. The van der Waals surface area contributed by atoms with Crippen molar-refractivity contribution in [2.45, 2.75) is 6.54 Å². The van der Waals surface area contributed by atoms with Crippen LogP contribution in [0.25, 0.3) is 0 Å². The number of ether oxygens (including phenoxy) is 1. The normalized spacial score (nSPS) is 10.7. The molecule has 23 heavy (non-hydrogen) atoms. The summed E-state index contributed by atoms with van der Waals surface area (Å²) in [6.45, 7) is 0.185. The predicted octanol–water partition coefficient (Wildman–Crippen LogP) is 1.98. The van der Waals surface area contributed by atoms with Crippen LogP contribution in [0, 0.1) is 0 Å². The lowest BCUT2D eigenvalue weighted by Crippen LogP contribution is -2.13. The smallest absolute Gasteiger partial charge is 0.346 e. The molecule has 0 unspecified atom stereocenters. The van der Waals surface area contributed by atoms with Gasteiger partial charge in [-0.25, -0.2) is 9.48 Å². The number of rotatable bonds is 4. The average Bonchev–Trinajstić information content (AvgIpc) is 3.16. The average molecular weight is 353 g/mol. The Hall–Kier alpha value is -2.45. The van der Waals surface area contributed by atoms with Gasteiger partial charge in [0.25, 0.3) is 0 Å². The molecule has 0 atom stereocenters. The summed E-state index contributed by atoms with van der Waals surface area (Å²) in [5.41, 5.74) is 0.693. The molecule has 0 N–H and O–H groups in total. The van der Waals surface area contributed by atoms with Crippen LogP contribution in [0.4, 0.5) is 0 Å². The van der Waals surface area contributed by atoms with Crippen LogP contribution < -0.4 is 4.74 Å². The Morgan fingerprint density at radius 2 is 2.09 bits per heavy atom. The van der Waals surface area contributed by atoms with Crippen molar-refractivity contribution >= 4 is 29.2 Å². The third kappa shape index (κ3) is 3.17. The van der Waals surface area contributed by atoms with Crippen LogP contribution in [0.15, 0.2) is 30.7 Å². The van der Waals surface area contributed by atoms with Crippen molar-refractivity contribution in [3.63, 3.8) is 0 Å². The number of nitrogens with zero attached hydrogens (tertiary/aromatic N) is 6. The van der Waals surface area contributed by atoms with E-state index in [-0.39, 0.29) is 17.1 Å². The molecule has 0 fully saturated rings. The minimum absolute atomic E-state index is 0.182. The summed E-state index contributed by atoms with van der Waals surface area (Å²) in [7, 11) is 1.66. The molecule has 0 bridgehead atoms. The third-order valence-electron chi connectivity index (χ3n) is 3.07. The SMILES string of the molecule is Cn1nccc1OC(=O)c1ccc(Cl)c(Cn2ncnn2)c1Cl. The molecule has 8 nitrogen and oxygen atoms in total. The lowest BCUT2D eigenvalue weighted by atomic mass is 10.1. The van der Waals surface area contributed by atoms with Crippen LogP contribution in [0.5, 0.6) is 5.88 Å². The molecule has 3 rings (SSSR count). The molecule has 0 spiro atoms. The summed E-state index contributed by atoms with van der Waals surface area (Å²) < 4.78 is 6.70. The second kappa shape index (κ2) is 6.35. The van der Waals surface area contributed by atoms with Gasteiger partial charge in [-0.2, -0.15) is 9.90 Å². The van der Waals surface area contributed by atoms with Gasteiger partial charge in [-0.3, -0.25) is 0 Å². The minimum Gasteiger partial charge on any atom is -0.404 e. The van der Waals surface area contributed by atoms with E-state index in [2.05, 4.69) is 20.5 Å². The van der Waals surface area contributed by atoms with Crippen LogP contribution in [0.3, 0.4) is 0 Å². The standard InChI is InChI=1S/C13H10Cl2N6O2/c1-20-11(4-5-17-20)23-13(22)8-2-3-10(14)9(12(8)15)6-21-18-7-16-19-21/h2-5,7H,6H2,1H3. The summed E-state index contributed by atoms with van der Waals surface area (Å²) in [4.78, 5) is 13.6. The van der Waals surface area contributed by atoms with Gasteiger partial charge in [-0.1, -0.05) is 23.2 Å². The van der Waals surface area contributed by atoms with E-state index in [1.54, 1.807) is 19.2 Å². The third-order valence-corrected chi connectivity index (χ3v) is 3.86. The highest BCUT2D eigenvalue weighted by Gasteiger charge is 2.19. The molecule has 2 aromatic heterocycles. The first-order chi connectivity index (χ1) is 11.1. The van der Waals surface area contributed by atoms with E-state index in [1.165, 1.54) is 28.1 Å². The Morgan fingerprint density at radius 3 is 2.74 bits per heavy atom. The zero-order valence-corrected chi connectivity index (χ0v) is 13.4.